The van der Waals surface area contributed by atoms with Gasteiger partial charge in [0.2, 0.25) is 0 Å². The van der Waals surface area contributed by atoms with Crippen molar-refractivity contribution >= 4 is 28.6 Å². The number of hydrogen-bond donors (Lipinski definition) is 3. The summed E-state index contributed by atoms with van der Waals surface area (Å²) in [5, 5.41) is 3.39. The third-order valence-corrected chi connectivity index (χ3v) is 2.63. The highest BCUT2D eigenvalue weighted by atomic mass is 35.5. The normalized spacial score (nSPS) is 12.4. The van der Waals surface area contributed by atoms with Crippen molar-refractivity contribution in [2.24, 2.45) is 5.73 Å². The van der Waals surface area contributed by atoms with Gasteiger partial charge in [0.25, 0.3) is 0 Å². The molecule has 0 spiro atoms. The first-order valence-electron chi connectivity index (χ1n) is 4.68. The molecule has 0 bridgehead atoms. The lowest BCUT2D eigenvalue weighted by atomic mass is 10.1. The molecule has 1 unspecified atom stereocenters. The fourth-order valence-electron chi connectivity index (χ4n) is 1.21. The van der Waals surface area contributed by atoms with Gasteiger partial charge in [0.15, 0.2) is 0 Å². The summed E-state index contributed by atoms with van der Waals surface area (Å²) in [6, 6.07) is 5.50. The van der Waals surface area contributed by atoms with Crippen LogP contribution in [0, 0.1) is 0 Å². The Balaban J connectivity index is 2.57. The summed E-state index contributed by atoms with van der Waals surface area (Å²) in [5.74, 6) is 0. The number of anilines is 1. The van der Waals surface area contributed by atoms with Crippen LogP contribution in [0.25, 0.3) is 0 Å². The van der Waals surface area contributed by atoms with Crippen molar-refractivity contribution in [3.8, 4) is 0 Å². The van der Waals surface area contributed by atoms with Gasteiger partial charge in [-0.15, -0.1) is 0 Å². The average molecular weight is 263 g/mol. The molecule has 16 heavy (non-hydrogen) atoms. The van der Waals surface area contributed by atoms with E-state index >= 15 is 0 Å². The molecule has 0 heterocycles. The van der Waals surface area contributed by atoms with Gasteiger partial charge in [-0.25, -0.2) is 4.72 Å². The van der Waals surface area contributed by atoms with E-state index in [1.807, 2.05) is 12.1 Å². The molecule has 0 saturated heterocycles. The first kappa shape index (κ1) is 13.4. The summed E-state index contributed by atoms with van der Waals surface area (Å²) in [5.41, 5.74) is 7.16. The Morgan fingerprint density at radius 3 is 2.81 bits per heavy atom. The van der Waals surface area contributed by atoms with E-state index < -0.39 is 11.3 Å². The van der Waals surface area contributed by atoms with Crippen LogP contribution < -0.4 is 15.8 Å². The molecule has 5 nitrogen and oxygen atoms in total. The highest BCUT2D eigenvalue weighted by Gasteiger charge is 2.00. The van der Waals surface area contributed by atoms with Crippen molar-refractivity contribution in [2.45, 2.75) is 6.42 Å². The molecule has 0 aliphatic carbocycles. The molecule has 90 valence electrons. The minimum Gasteiger partial charge on any atom is -0.760 e. The maximum atomic E-state index is 10.2. The molecular weight excluding hydrogens is 250 g/mol. The van der Waals surface area contributed by atoms with Crippen LogP contribution in [0.5, 0.6) is 0 Å². The van der Waals surface area contributed by atoms with E-state index in [0.29, 0.717) is 17.3 Å². The molecule has 1 rings (SSSR count). The number of rotatable bonds is 6. The lowest BCUT2D eigenvalue weighted by molar-refractivity contribution is 0.525. The van der Waals surface area contributed by atoms with Crippen LogP contribution in [-0.2, 0) is 17.7 Å². The van der Waals surface area contributed by atoms with E-state index in [-0.39, 0.29) is 6.67 Å². The third-order valence-electron chi connectivity index (χ3n) is 1.94. The van der Waals surface area contributed by atoms with E-state index in [0.717, 1.165) is 12.0 Å². The Hall–Kier alpha value is -0.660. The lowest BCUT2D eigenvalue weighted by Gasteiger charge is -2.11. The Bertz CT molecular complexity index is 376. The Morgan fingerprint density at radius 1 is 1.50 bits per heavy atom. The van der Waals surface area contributed by atoms with Crippen LogP contribution in [-0.4, -0.2) is 22.0 Å². The van der Waals surface area contributed by atoms with Gasteiger partial charge in [-0.3, -0.25) is 4.21 Å². The van der Waals surface area contributed by atoms with Gasteiger partial charge in [0.05, 0.1) is 17.4 Å². The molecule has 0 fully saturated rings. The van der Waals surface area contributed by atoms with Crippen LogP contribution in [0.15, 0.2) is 18.2 Å². The number of halogens is 1. The van der Waals surface area contributed by atoms with Gasteiger partial charge in [-0.1, -0.05) is 17.7 Å². The highest BCUT2D eigenvalue weighted by molar-refractivity contribution is 7.77. The zero-order chi connectivity index (χ0) is 12.0. The quantitative estimate of drug-likeness (QED) is 0.517. The lowest BCUT2D eigenvalue weighted by Crippen LogP contribution is -2.23. The molecule has 7 heteroatoms. The summed E-state index contributed by atoms with van der Waals surface area (Å²) in [4.78, 5) is 0. The summed E-state index contributed by atoms with van der Waals surface area (Å²) in [7, 11) is 0. The first-order chi connectivity index (χ1) is 7.63. The first-order valence-corrected chi connectivity index (χ1v) is 6.14. The molecule has 4 N–H and O–H groups in total. The van der Waals surface area contributed by atoms with Crippen molar-refractivity contribution < 1.29 is 8.76 Å². The van der Waals surface area contributed by atoms with E-state index in [1.54, 1.807) is 6.07 Å². The van der Waals surface area contributed by atoms with Gasteiger partial charge >= 0.3 is 0 Å². The van der Waals surface area contributed by atoms with Crippen LogP contribution in [0.2, 0.25) is 5.02 Å². The average Bonchev–Trinajstić information content (AvgIpc) is 2.21. The SMILES string of the molecule is NCCc1ccc(NCNS(=O)[O-])c(Cl)c1. The van der Waals surface area contributed by atoms with Crippen molar-refractivity contribution in [1.29, 1.82) is 0 Å². The summed E-state index contributed by atoms with van der Waals surface area (Å²) in [6.45, 7) is 0.673. The standard InChI is InChI=1S/C9H14ClN3O2S/c10-8-5-7(3-4-11)1-2-9(8)12-6-13-16(14)15/h1-2,5,12-13H,3-4,6,11H2,(H,14,15)/p-1. The second kappa shape index (κ2) is 6.82. The minimum atomic E-state index is -2.28. The number of benzene rings is 1. The van der Waals surface area contributed by atoms with Gasteiger partial charge in [-0.2, -0.15) is 0 Å². The van der Waals surface area contributed by atoms with Gasteiger partial charge in [0, 0.05) is 11.3 Å². The van der Waals surface area contributed by atoms with E-state index in [2.05, 4.69) is 10.0 Å². The maximum absolute atomic E-state index is 10.2. The monoisotopic (exact) mass is 262 g/mol. The maximum Gasteiger partial charge on any atom is 0.0759 e. The fourth-order valence-corrected chi connectivity index (χ4v) is 1.67. The van der Waals surface area contributed by atoms with Gasteiger partial charge < -0.3 is 15.6 Å². The van der Waals surface area contributed by atoms with Gasteiger partial charge in [-0.05, 0) is 30.7 Å². The molecule has 0 aliphatic rings. The number of nitrogens with one attached hydrogen (secondary N) is 2. The fraction of sp³-hybridized carbons (Fsp3) is 0.333. The molecular formula is C9H13ClN3O2S-. The summed E-state index contributed by atoms with van der Waals surface area (Å²) < 4.78 is 22.6. The van der Waals surface area contributed by atoms with E-state index in [1.165, 1.54) is 0 Å². The van der Waals surface area contributed by atoms with Crippen LogP contribution >= 0.6 is 11.6 Å². The number of nitrogens with two attached hydrogens (primary N) is 1. The Morgan fingerprint density at radius 2 is 2.25 bits per heavy atom. The molecule has 0 aromatic heterocycles. The molecule has 1 aromatic rings. The van der Waals surface area contributed by atoms with Crippen LogP contribution in [0.1, 0.15) is 5.56 Å². The van der Waals surface area contributed by atoms with Gasteiger partial charge in [0.1, 0.15) is 0 Å². The Kier molecular flexibility index (Phi) is 5.72. The second-order valence-corrected chi connectivity index (χ2v) is 4.25. The predicted octanol–water partition coefficient (Wildman–Crippen LogP) is 0.594. The number of hydrogen-bond acceptors (Lipinski definition) is 4. The highest BCUT2D eigenvalue weighted by Crippen LogP contribution is 2.22. The molecule has 1 atom stereocenters. The largest absolute Gasteiger partial charge is 0.760 e. The van der Waals surface area contributed by atoms with E-state index in [9.17, 15) is 8.76 Å². The summed E-state index contributed by atoms with van der Waals surface area (Å²) >= 11 is 3.72. The Labute approximate surface area is 102 Å². The molecule has 0 aliphatic heterocycles. The molecule has 0 saturated carbocycles. The van der Waals surface area contributed by atoms with Crippen LogP contribution in [0.4, 0.5) is 5.69 Å². The smallest absolute Gasteiger partial charge is 0.0759 e. The zero-order valence-electron chi connectivity index (χ0n) is 8.53. The topological polar surface area (TPSA) is 90.2 Å². The zero-order valence-corrected chi connectivity index (χ0v) is 10.1. The van der Waals surface area contributed by atoms with E-state index in [4.69, 9.17) is 17.3 Å². The van der Waals surface area contributed by atoms with Crippen molar-refractivity contribution in [2.75, 3.05) is 18.5 Å². The van der Waals surface area contributed by atoms with Crippen LogP contribution in [0.3, 0.4) is 0 Å². The van der Waals surface area contributed by atoms with Crippen molar-refractivity contribution in [1.82, 2.24) is 4.72 Å². The molecule has 0 radical (unpaired) electrons. The predicted molar refractivity (Wildman–Crippen MR) is 64.8 cm³/mol. The minimum absolute atomic E-state index is 0.103. The molecule has 0 amide bonds. The summed E-state index contributed by atoms with van der Waals surface area (Å²) in [6.07, 6.45) is 0.767. The third kappa shape index (κ3) is 4.46. The van der Waals surface area contributed by atoms with Crippen molar-refractivity contribution in [3.05, 3.63) is 28.8 Å². The van der Waals surface area contributed by atoms with Crippen molar-refractivity contribution in [3.63, 3.8) is 0 Å². The molecule has 1 aromatic carbocycles. The second-order valence-electron chi connectivity index (χ2n) is 3.09.